The Hall–Kier alpha value is -3.80. The predicted molar refractivity (Wildman–Crippen MR) is 126 cm³/mol. The molecule has 6 heteroatoms. The molecule has 2 amide bonds. The SMILES string of the molecule is Cc1ccc(C2=C(Nc3ccc(C(C)C)cc3)C(=O)N(c3cc(F)ccc3F)C2=O)cc1C. The zero-order valence-corrected chi connectivity index (χ0v) is 18.9. The van der Waals surface area contributed by atoms with Crippen molar-refractivity contribution < 1.29 is 18.4 Å². The molecule has 1 aliphatic heterocycles. The van der Waals surface area contributed by atoms with Gasteiger partial charge in [-0.3, -0.25) is 9.59 Å². The van der Waals surface area contributed by atoms with Crippen LogP contribution in [0.15, 0.2) is 66.4 Å². The molecule has 3 aromatic rings. The van der Waals surface area contributed by atoms with Gasteiger partial charge in [-0.15, -0.1) is 0 Å². The molecule has 4 rings (SSSR count). The first-order valence-electron chi connectivity index (χ1n) is 10.7. The highest BCUT2D eigenvalue weighted by Crippen LogP contribution is 2.35. The van der Waals surface area contributed by atoms with E-state index in [1.165, 1.54) is 0 Å². The molecular formula is C27H24F2N2O2. The Morgan fingerprint density at radius 1 is 0.818 bits per heavy atom. The van der Waals surface area contributed by atoms with Crippen LogP contribution in [0.3, 0.4) is 0 Å². The monoisotopic (exact) mass is 446 g/mol. The number of amides is 2. The molecule has 3 aromatic carbocycles. The van der Waals surface area contributed by atoms with Gasteiger partial charge in [0.15, 0.2) is 0 Å². The Labute approximate surface area is 191 Å². The van der Waals surface area contributed by atoms with Gasteiger partial charge in [-0.25, -0.2) is 13.7 Å². The van der Waals surface area contributed by atoms with Gasteiger partial charge in [-0.2, -0.15) is 0 Å². The molecule has 0 atom stereocenters. The van der Waals surface area contributed by atoms with Crippen molar-refractivity contribution in [1.82, 2.24) is 0 Å². The van der Waals surface area contributed by atoms with Gasteiger partial charge in [0, 0.05) is 11.8 Å². The van der Waals surface area contributed by atoms with E-state index < -0.39 is 29.1 Å². The van der Waals surface area contributed by atoms with Crippen LogP contribution < -0.4 is 10.2 Å². The third-order valence-electron chi connectivity index (χ3n) is 5.88. The fourth-order valence-electron chi connectivity index (χ4n) is 3.78. The van der Waals surface area contributed by atoms with Crippen LogP contribution in [0.1, 0.15) is 42.0 Å². The van der Waals surface area contributed by atoms with Crippen molar-refractivity contribution in [3.05, 3.63) is 100 Å². The molecule has 0 spiro atoms. The molecule has 1 heterocycles. The van der Waals surface area contributed by atoms with Crippen LogP contribution in [0.4, 0.5) is 20.2 Å². The third kappa shape index (κ3) is 4.16. The van der Waals surface area contributed by atoms with Crippen molar-refractivity contribution in [3.63, 3.8) is 0 Å². The van der Waals surface area contributed by atoms with Crippen LogP contribution in [0.25, 0.3) is 5.57 Å². The highest BCUT2D eigenvalue weighted by molar-refractivity contribution is 6.46. The maximum Gasteiger partial charge on any atom is 0.282 e. The summed E-state index contributed by atoms with van der Waals surface area (Å²) in [6.07, 6.45) is 0. The summed E-state index contributed by atoms with van der Waals surface area (Å²) in [4.78, 5) is 27.5. The first kappa shape index (κ1) is 22.4. The van der Waals surface area contributed by atoms with E-state index in [1.54, 1.807) is 6.07 Å². The first-order valence-corrected chi connectivity index (χ1v) is 10.7. The molecule has 0 saturated heterocycles. The lowest BCUT2D eigenvalue weighted by Crippen LogP contribution is -2.33. The molecule has 0 aromatic heterocycles. The zero-order chi connectivity index (χ0) is 23.9. The van der Waals surface area contributed by atoms with Gasteiger partial charge in [0.05, 0.1) is 11.3 Å². The van der Waals surface area contributed by atoms with Gasteiger partial charge >= 0.3 is 0 Å². The molecule has 0 aliphatic carbocycles. The number of nitrogens with zero attached hydrogens (tertiary/aromatic N) is 1. The lowest BCUT2D eigenvalue weighted by molar-refractivity contribution is -0.120. The van der Waals surface area contributed by atoms with Gasteiger partial charge in [0.25, 0.3) is 11.8 Å². The quantitative estimate of drug-likeness (QED) is 0.482. The second kappa shape index (κ2) is 8.62. The zero-order valence-electron chi connectivity index (χ0n) is 18.9. The lowest BCUT2D eigenvalue weighted by atomic mass is 9.99. The minimum Gasteiger partial charge on any atom is -0.350 e. The van der Waals surface area contributed by atoms with E-state index in [0.717, 1.165) is 34.9 Å². The minimum atomic E-state index is -0.861. The fourth-order valence-corrected chi connectivity index (χ4v) is 3.78. The maximum atomic E-state index is 14.5. The van der Waals surface area contributed by atoms with E-state index in [0.29, 0.717) is 22.1 Å². The van der Waals surface area contributed by atoms with E-state index in [9.17, 15) is 18.4 Å². The summed E-state index contributed by atoms with van der Waals surface area (Å²) in [7, 11) is 0. The van der Waals surface area contributed by atoms with E-state index in [4.69, 9.17) is 0 Å². The summed E-state index contributed by atoms with van der Waals surface area (Å²) >= 11 is 0. The highest BCUT2D eigenvalue weighted by atomic mass is 19.1. The standard InChI is InChI=1S/C27H24F2N2O2/c1-15(2)18-7-10-21(11-8-18)30-25-24(19-6-5-16(3)17(4)13-19)26(32)31(27(25)33)23-14-20(28)9-12-22(23)29/h5-15,30H,1-4H3. The summed E-state index contributed by atoms with van der Waals surface area (Å²) in [6.45, 7) is 8.00. The van der Waals surface area contributed by atoms with Crippen LogP contribution in [0.5, 0.6) is 0 Å². The summed E-state index contributed by atoms with van der Waals surface area (Å²) in [5, 5.41) is 3.06. The lowest BCUT2D eigenvalue weighted by Gasteiger charge is -2.16. The average Bonchev–Trinajstić information content (AvgIpc) is 3.01. The molecular weight excluding hydrogens is 422 g/mol. The van der Waals surface area contributed by atoms with Crippen molar-refractivity contribution >= 4 is 28.8 Å². The van der Waals surface area contributed by atoms with Crippen molar-refractivity contribution in [1.29, 1.82) is 0 Å². The number of hydrogen-bond acceptors (Lipinski definition) is 3. The predicted octanol–water partition coefficient (Wildman–Crippen LogP) is 6.10. The number of imide groups is 1. The fraction of sp³-hybridized carbons (Fsp3) is 0.185. The second-order valence-electron chi connectivity index (χ2n) is 8.49. The smallest absolute Gasteiger partial charge is 0.282 e. The Morgan fingerprint density at radius 2 is 1.52 bits per heavy atom. The first-order chi connectivity index (χ1) is 15.7. The molecule has 4 nitrogen and oxygen atoms in total. The average molecular weight is 446 g/mol. The Bertz CT molecular complexity index is 1290. The number of anilines is 2. The van der Waals surface area contributed by atoms with Gasteiger partial charge in [-0.05, 0) is 66.3 Å². The van der Waals surface area contributed by atoms with E-state index in [2.05, 4.69) is 19.2 Å². The Balaban J connectivity index is 1.83. The third-order valence-corrected chi connectivity index (χ3v) is 5.88. The number of carbonyl (C=O) groups excluding carboxylic acids is 2. The number of rotatable bonds is 5. The van der Waals surface area contributed by atoms with Gasteiger partial charge in [0.2, 0.25) is 0 Å². The molecule has 0 fully saturated rings. The van der Waals surface area contributed by atoms with Crippen molar-refractivity contribution in [2.24, 2.45) is 0 Å². The summed E-state index contributed by atoms with van der Waals surface area (Å²) in [5.41, 5.74) is 3.94. The number of halogens is 2. The Kier molecular flexibility index (Phi) is 5.85. The Morgan fingerprint density at radius 3 is 2.15 bits per heavy atom. The van der Waals surface area contributed by atoms with Crippen molar-refractivity contribution in [2.45, 2.75) is 33.6 Å². The van der Waals surface area contributed by atoms with Gasteiger partial charge in [0.1, 0.15) is 17.3 Å². The summed E-state index contributed by atoms with van der Waals surface area (Å²) in [6, 6.07) is 15.6. The number of hydrogen-bond donors (Lipinski definition) is 1. The molecule has 0 radical (unpaired) electrons. The van der Waals surface area contributed by atoms with Crippen LogP contribution >= 0.6 is 0 Å². The summed E-state index contributed by atoms with van der Waals surface area (Å²) in [5.74, 6) is -2.73. The maximum absolute atomic E-state index is 14.5. The molecule has 0 unspecified atom stereocenters. The molecule has 0 saturated carbocycles. The normalized spacial score (nSPS) is 14.0. The largest absolute Gasteiger partial charge is 0.350 e. The summed E-state index contributed by atoms with van der Waals surface area (Å²) < 4.78 is 28.4. The number of nitrogens with one attached hydrogen (secondary N) is 1. The molecule has 33 heavy (non-hydrogen) atoms. The van der Waals surface area contributed by atoms with Gasteiger partial charge < -0.3 is 5.32 Å². The van der Waals surface area contributed by atoms with Crippen LogP contribution in [0, 0.1) is 25.5 Å². The minimum absolute atomic E-state index is 0.0178. The second-order valence-corrected chi connectivity index (χ2v) is 8.49. The van der Waals surface area contributed by atoms with E-state index in [-0.39, 0.29) is 11.3 Å². The van der Waals surface area contributed by atoms with Crippen LogP contribution in [-0.4, -0.2) is 11.8 Å². The molecule has 0 bridgehead atoms. The molecule has 1 aliphatic rings. The number of carbonyl (C=O) groups is 2. The highest BCUT2D eigenvalue weighted by Gasteiger charge is 2.41. The van der Waals surface area contributed by atoms with Crippen molar-refractivity contribution in [2.75, 3.05) is 10.2 Å². The van der Waals surface area contributed by atoms with E-state index >= 15 is 0 Å². The number of aryl methyl sites for hydroxylation is 2. The topological polar surface area (TPSA) is 49.4 Å². The van der Waals surface area contributed by atoms with Crippen LogP contribution in [0.2, 0.25) is 0 Å². The van der Waals surface area contributed by atoms with Crippen molar-refractivity contribution in [3.8, 4) is 0 Å². The van der Waals surface area contributed by atoms with E-state index in [1.807, 2.05) is 50.2 Å². The molecule has 168 valence electrons. The number of benzene rings is 3. The van der Waals surface area contributed by atoms with Gasteiger partial charge in [-0.1, -0.05) is 44.2 Å². The molecule has 1 N–H and O–H groups in total. The van der Waals surface area contributed by atoms with Crippen LogP contribution in [-0.2, 0) is 9.59 Å².